The topological polar surface area (TPSA) is 20.3 Å². The van der Waals surface area contributed by atoms with Crippen LogP contribution in [0.2, 0.25) is 0 Å². The van der Waals surface area contributed by atoms with Gasteiger partial charge in [0.25, 0.3) is 0 Å². The van der Waals surface area contributed by atoms with Gasteiger partial charge in [-0.15, -0.1) is 0 Å². The van der Waals surface area contributed by atoms with Gasteiger partial charge in [0.15, 0.2) is 0 Å². The molecule has 0 N–H and O–H groups in total. The maximum absolute atomic E-state index is 11.3. The van der Waals surface area contributed by atoms with Crippen LogP contribution in [0.15, 0.2) is 24.3 Å². The highest BCUT2D eigenvalue weighted by molar-refractivity contribution is 9.09. The molecule has 2 nitrogen and oxygen atoms in total. The molecule has 0 saturated heterocycles. The van der Waals surface area contributed by atoms with E-state index in [-0.39, 0.29) is 5.91 Å². The zero-order valence-electron chi connectivity index (χ0n) is 9.16. The standard InChI is InChI=1S/C12H16BrNO/c1-3-10-4-6-11(7-5-10)9-14(2)12(15)8-13/h4-7H,3,8-9H2,1-2H3. The number of halogens is 1. The summed E-state index contributed by atoms with van der Waals surface area (Å²) in [6, 6.07) is 8.39. The maximum Gasteiger partial charge on any atom is 0.233 e. The second-order valence-electron chi connectivity index (χ2n) is 3.55. The Morgan fingerprint density at radius 3 is 2.27 bits per heavy atom. The molecule has 1 amide bonds. The largest absolute Gasteiger partial charge is 0.341 e. The van der Waals surface area contributed by atoms with Gasteiger partial charge in [0.05, 0.1) is 5.33 Å². The number of rotatable bonds is 4. The van der Waals surface area contributed by atoms with E-state index < -0.39 is 0 Å². The minimum Gasteiger partial charge on any atom is -0.341 e. The minimum atomic E-state index is 0.106. The lowest BCUT2D eigenvalue weighted by atomic mass is 10.1. The van der Waals surface area contributed by atoms with Gasteiger partial charge in [-0.05, 0) is 17.5 Å². The lowest BCUT2D eigenvalue weighted by Crippen LogP contribution is -2.26. The molecule has 0 unspecified atom stereocenters. The highest BCUT2D eigenvalue weighted by Crippen LogP contribution is 2.07. The van der Waals surface area contributed by atoms with Gasteiger partial charge >= 0.3 is 0 Å². The van der Waals surface area contributed by atoms with Crippen molar-refractivity contribution in [2.24, 2.45) is 0 Å². The van der Waals surface area contributed by atoms with Crippen molar-refractivity contribution < 1.29 is 4.79 Å². The molecular formula is C12H16BrNO. The number of amides is 1. The Morgan fingerprint density at radius 2 is 1.80 bits per heavy atom. The Morgan fingerprint density at radius 1 is 1.27 bits per heavy atom. The lowest BCUT2D eigenvalue weighted by molar-refractivity contribution is -0.127. The number of carbonyl (C=O) groups is 1. The van der Waals surface area contributed by atoms with Gasteiger partial charge in [0, 0.05) is 13.6 Å². The molecule has 15 heavy (non-hydrogen) atoms. The Bertz CT molecular complexity index is 321. The summed E-state index contributed by atoms with van der Waals surface area (Å²) in [7, 11) is 1.82. The van der Waals surface area contributed by atoms with E-state index in [9.17, 15) is 4.79 Å². The van der Waals surface area contributed by atoms with Crippen LogP contribution in [-0.4, -0.2) is 23.2 Å². The first kappa shape index (κ1) is 12.2. The molecule has 1 aromatic rings. The van der Waals surface area contributed by atoms with Crippen LogP contribution < -0.4 is 0 Å². The summed E-state index contributed by atoms with van der Waals surface area (Å²) >= 11 is 3.16. The van der Waals surface area contributed by atoms with E-state index in [1.165, 1.54) is 11.1 Å². The monoisotopic (exact) mass is 269 g/mol. The molecule has 1 aromatic carbocycles. The van der Waals surface area contributed by atoms with Gasteiger partial charge in [-0.2, -0.15) is 0 Å². The first-order chi connectivity index (χ1) is 7.17. The van der Waals surface area contributed by atoms with Crippen molar-refractivity contribution in [3.8, 4) is 0 Å². The van der Waals surface area contributed by atoms with Gasteiger partial charge in [-0.3, -0.25) is 4.79 Å². The Kier molecular flexibility index (Phi) is 4.82. The summed E-state index contributed by atoms with van der Waals surface area (Å²) in [5.41, 5.74) is 2.50. The summed E-state index contributed by atoms with van der Waals surface area (Å²) in [5.74, 6) is 0.106. The lowest BCUT2D eigenvalue weighted by Gasteiger charge is -2.15. The van der Waals surface area contributed by atoms with Gasteiger partial charge in [0.1, 0.15) is 0 Å². The average Bonchev–Trinajstić information content (AvgIpc) is 2.29. The number of alkyl halides is 1. The van der Waals surface area contributed by atoms with Crippen LogP contribution in [-0.2, 0) is 17.8 Å². The average molecular weight is 270 g/mol. The molecule has 0 atom stereocenters. The summed E-state index contributed by atoms with van der Waals surface area (Å²) in [4.78, 5) is 13.0. The Balaban J connectivity index is 2.60. The number of nitrogens with zero attached hydrogens (tertiary/aromatic N) is 1. The number of benzene rings is 1. The Hall–Kier alpha value is -0.830. The zero-order valence-corrected chi connectivity index (χ0v) is 10.8. The smallest absolute Gasteiger partial charge is 0.233 e. The number of hydrogen-bond acceptors (Lipinski definition) is 1. The van der Waals surface area contributed by atoms with E-state index >= 15 is 0 Å². The van der Waals surface area contributed by atoms with Crippen molar-refractivity contribution in [1.29, 1.82) is 0 Å². The molecule has 0 aliphatic heterocycles. The summed E-state index contributed by atoms with van der Waals surface area (Å²) in [6.45, 7) is 2.81. The van der Waals surface area contributed by atoms with E-state index in [4.69, 9.17) is 0 Å². The number of carbonyl (C=O) groups excluding carboxylic acids is 1. The van der Waals surface area contributed by atoms with E-state index in [0.29, 0.717) is 11.9 Å². The molecule has 0 aliphatic carbocycles. The van der Waals surface area contributed by atoms with Crippen LogP contribution in [0, 0.1) is 0 Å². The summed E-state index contributed by atoms with van der Waals surface area (Å²) < 4.78 is 0. The van der Waals surface area contributed by atoms with Crippen LogP contribution in [0.1, 0.15) is 18.1 Å². The minimum absolute atomic E-state index is 0.106. The van der Waals surface area contributed by atoms with E-state index in [0.717, 1.165) is 6.42 Å². The van der Waals surface area contributed by atoms with Crippen LogP contribution >= 0.6 is 15.9 Å². The predicted molar refractivity (Wildman–Crippen MR) is 66.1 cm³/mol. The highest BCUT2D eigenvalue weighted by Gasteiger charge is 2.06. The highest BCUT2D eigenvalue weighted by atomic mass is 79.9. The summed E-state index contributed by atoms with van der Waals surface area (Å²) in [6.07, 6.45) is 1.05. The van der Waals surface area contributed by atoms with Gasteiger partial charge in [0.2, 0.25) is 5.91 Å². The Labute approximate surface area is 99.4 Å². The molecule has 3 heteroatoms. The molecular weight excluding hydrogens is 254 g/mol. The van der Waals surface area contributed by atoms with Crippen molar-refractivity contribution in [2.75, 3.05) is 12.4 Å². The molecule has 0 fully saturated rings. The van der Waals surface area contributed by atoms with Crippen LogP contribution in [0.25, 0.3) is 0 Å². The van der Waals surface area contributed by atoms with E-state index in [1.54, 1.807) is 4.90 Å². The SMILES string of the molecule is CCc1ccc(CN(C)C(=O)CBr)cc1. The van der Waals surface area contributed by atoms with Crippen molar-refractivity contribution in [3.05, 3.63) is 35.4 Å². The van der Waals surface area contributed by atoms with Crippen molar-refractivity contribution in [2.45, 2.75) is 19.9 Å². The van der Waals surface area contributed by atoms with Crippen LogP contribution in [0.5, 0.6) is 0 Å². The summed E-state index contributed by atoms with van der Waals surface area (Å²) in [5, 5.41) is 0.385. The third-order valence-corrected chi connectivity index (χ3v) is 2.87. The molecule has 0 aliphatic rings. The molecule has 0 saturated carbocycles. The number of hydrogen-bond donors (Lipinski definition) is 0. The van der Waals surface area contributed by atoms with Gasteiger partial charge in [-0.1, -0.05) is 47.1 Å². The number of aryl methyl sites for hydroxylation is 1. The zero-order chi connectivity index (χ0) is 11.3. The van der Waals surface area contributed by atoms with E-state index in [1.807, 2.05) is 7.05 Å². The first-order valence-corrected chi connectivity index (χ1v) is 6.17. The third kappa shape index (κ3) is 3.67. The fraction of sp³-hybridized carbons (Fsp3) is 0.417. The van der Waals surface area contributed by atoms with Crippen LogP contribution in [0.4, 0.5) is 0 Å². The second kappa shape index (κ2) is 5.91. The maximum atomic E-state index is 11.3. The molecule has 0 radical (unpaired) electrons. The first-order valence-electron chi connectivity index (χ1n) is 5.05. The van der Waals surface area contributed by atoms with Gasteiger partial charge < -0.3 is 4.90 Å². The van der Waals surface area contributed by atoms with Crippen molar-refractivity contribution >= 4 is 21.8 Å². The quantitative estimate of drug-likeness (QED) is 0.770. The predicted octanol–water partition coefficient (Wildman–Crippen LogP) is 2.60. The normalized spacial score (nSPS) is 10.1. The van der Waals surface area contributed by atoms with Gasteiger partial charge in [-0.25, -0.2) is 0 Å². The third-order valence-electron chi connectivity index (χ3n) is 2.39. The molecule has 82 valence electrons. The fourth-order valence-electron chi connectivity index (χ4n) is 1.34. The van der Waals surface area contributed by atoms with Crippen molar-refractivity contribution in [1.82, 2.24) is 4.90 Å². The van der Waals surface area contributed by atoms with E-state index in [2.05, 4.69) is 47.1 Å². The molecule has 0 heterocycles. The molecule has 0 bridgehead atoms. The second-order valence-corrected chi connectivity index (χ2v) is 4.11. The van der Waals surface area contributed by atoms with Crippen molar-refractivity contribution in [3.63, 3.8) is 0 Å². The molecule has 1 rings (SSSR count). The van der Waals surface area contributed by atoms with Crippen LogP contribution in [0.3, 0.4) is 0 Å². The molecule has 0 spiro atoms. The fourth-order valence-corrected chi connectivity index (χ4v) is 1.77. The molecule has 0 aromatic heterocycles.